The molecule has 1 amide bonds. The van der Waals surface area contributed by atoms with Crippen LogP contribution in [0.1, 0.15) is 31.7 Å². The SMILES string of the molecule is C[C@H](NS(=O)(=O)c1ccccc1F)C(=O)N(C)Cc1ccc(N2CCCCC2)cc1. The van der Waals surface area contributed by atoms with Gasteiger partial charge in [0, 0.05) is 32.4 Å². The molecule has 1 saturated heterocycles. The van der Waals surface area contributed by atoms with Crippen molar-refractivity contribution in [1.82, 2.24) is 9.62 Å². The molecule has 1 aliphatic heterocycles. The molecule has 0 aliphatic carbocycles. The number of amides is 1. The Bertz CT molecular complexity index is 973. The molecule has 6 nitrogen and oxygen atoms in total. The standard InChI is InChI=1S/C22H28FN3O3S/c1-17(24-30(28,29)21-9-5-4-8-20(21)23)22(27)25(2)16-18-10-12-19(13-11-18)26-14-6-3-7-15-26/h4-5,8-13,17,24H,3,6-7,14-16H2,1-2H3/t17-/m0/s1. The van der Waals surface area contributed by atoms with Crippen LogP contribution in [0.25, 0.3) is 0 Å². The summed E-state index contributed by atoms with van der Waals surface area (Å²) in [6.07, 6.45) is 3.69. The highest BCUT2D eigenvalue weighted by Crippen LogP contribution is 2.21. The topological polar surface area (TPSA) is 69.7 Å². The van der Waals surface area contributed by atoms with Gasteiger partial charge in [-0.2, -0.15) is 4.72 Å². The monoisotopic (exact) mass is 433 g/mol. The number of carbonyl (C=O) groups is 1. The molecule has 1 atom stereocenters. The van der Waals surface area contributed by atoms with Crippen LogP contribution in [0.2, 0.25) is 0 Å². The molecule has 0 saturated carbocycles. The van der Waals surface area contributed by atoms with E-state index < -0.39 is 32.7 Å². The summed E-state index contributed by atoms with van der Waals surface area (Å²) in [6.45, 7) is 3.94. The molecule has 0 bridgehead atoms. The molecule has 0 radical (unpaired) electrons. The van der Waals surface area contributed by atoms with Crippen LogP contribution in [0.15, 0.2) is 53.4 Å². The van der Waals surface area contributed by atoms with Crippen LogP contribution in [0.3, 0.4) is 0 Å². The Morgan fingerprint density at radius 2 is 1.73 bits per heavy atom. The number of piperidine rings is 1. The molecule has 1 fully saturated rings. The van der Waals surface area contributed by atoms with Crippen LogP contribution >= 0.6 is 0 Å². The maximum atomic E-state index is 13.8. The molecular formula is C22H28FN3O3S. The van der Waals surface area contributed by atoms with Crippen LogP contribution in [-0.2, 0) is 21.4 Å². The van der Waals surface area contributed by atoms with E-state index in [9.17, 15) is 17.6 Å². The largest absolute Gasteiger partial charge is 0.372 e. The first kappa shape index (κ1) is 22.2. The average molecular weight is 434 g/mol. The molecule has 1 heterocycles. The zero-order valence-electron chi connectivity index (χ0n) is 17.3. The summed E-state index contributed by atoms with van der Waals surface area (Å²) in [5.74, 6) is -1.25. The Kier molecular flexibility index (Phi) is 7.10. The van der Waals surface area contributed by atoms with E-state index in [1.807, 2.05) is 12.1 Å². The van der Waals surface area contributed by atoms with E-state index in [0.29, 0.717) is 6.54 Å². The van der Waals surface area contributed by atoms with E-state index in [-0.39, 0.29) is 0 Å². The second-order valence-corrected chi connectivity index (χ2v) is 9.36. The van der Waals surface area contributed by atoms with Gasteiger partial charge in [-0.15, -0.1) is 0 Å². The number of likely N-dealkylation sites (N-methyl/N-ethyl adjacent to an activating group) is 1. The fourth-order valence-corrected chi connectivity index (χ4v) is 4.93. The predicted octanol–water partition coefficient (Wildman–Crippen LogP) is 3.14. The van der Waals surface area contributed by atoms with E-state index in [1.54, 1.807) is 7.05 Å². The zero-order chi connectivity index (χ0) is 21.7. The molecule has 0 aromatic heterocycles. The summed E-state index contributed by atoms with van der Waals surface area (Å²) in [4.78, 5) is 16.0. The van der Waals surface area contributed by atoms with Gasteiger partial charge in [0.05, 0.1) is 6.04 Å². The van der Waals surface area contributed by atoms with Gasteiger partial charge < -0.3 is 9.80 Å². The van der Waals surface area contributed by atoms with E-state index in [2.05, 4.69) is 21.8 Å². The van der Waals surface area contributed by atoms with Gasteiger partial charge in [0.25, 0.3) is 0 Å². The molecule has 30 heavy (non-hydrogen) atoms. The van der Waals surface area contributed by atoms with Gasteiger partial charge in [-0.3, -0.25) is 4.79 Å². The fraction of sp³-hybridized carbons (Fsp3) is 0.409. The molecule has 0 spiro atoms. The van der Waals surface area contributed by atoms with Crippen molar-refractivity contribution < 1.29 is 17.6 Å². The van der Waals surface area contributed by atoms with Gasteiger partial charge in [-0.1, -0.05) is 24.3 Å². The molecular weight excluding hydrogens is 405 g/mol. The van der Waals surface area contributed by atoms with E-state index in [1.165, 1.54) is 55.0 Å². The number of rotatable bonds is 7. The smallest absolute Gasteiger partial charge is 0.244 e. The first-order valence-corrected chi connectivity index (χ1v) is 11.6. The molecule has 2 aromatic carbocycles. The molecule has 1 aliphatic rings. The summed E-state index contributed by atoms with van der Waals surface area (Å²) in [5.41, 5.74) is 2.13. The van der Waals surface area contributed by atoms with Crippen molar-refractivity contribution in [2.75, 3.05) is 25.0 Å². The van der Waals surface area contributed by atoms with Gasteiger partial charge in [0.1, 0.15) is 10.7 Å². The van der Waals surface area contributed by atoms with Crippen LogP contribution < -0.4 is 9.62 Å². The number of carbonyl (C=O) groups excluding carboxylic acids is 1. The van der Waals surface area contributed by atoms with Gasteiger partial charge in [0.2, 0.25) is 15.9 Å². The number of halogens is 1. The van der Waals surface area contributed by atoms with Crippen molar-refractivity contribution in [1.29, 1.82) is 0 Å². The second-order valence-electron chi connectivity index (χ2n) is 7.68. The maximum Gasteiger partial charge on any atom is 0.244 e. The third kappa shape index (κ3) is 5.37. The second kappa shape index (κ2) is 9.57. The Hall–Kier alpha value is -2.45. The quantitative estimate of drug-likeness (QED) is 0.728. The summed E-state index contributed by atoms with van der Waals surface area (Å²) in [6, 6.07) is 12.2. The van der Waals surface area contributed by atoms with Gasteiger partial charge in [-0.05, 0) is 56.0 Å². The molecule has 8 heteroatoms. The van der Waals surface area contributed by atoms with Gasteiger partial charge in [-0.25, -0.2) is 12.8 Å². The highest BCUT2D eigenvalue weighted by atomic mass is 32.2. The lowest BCUT2D eigenvalue weighted by Crippen LogP contribution is -2.45. The number of anilines is 1. The number of benzene rings is 2. The van der Waals surface area contributed by atoms with E-state index in [4.69, 9.17) is 0 Å². The van der Waals surface area contributed by atoms with Crippen LogP contribution in [0.4, 0.5) is 10.1 Å². The minimum absolute atomic E-state index is 0.352. The minimum atomic E-state index is -4.14. The zero-order valence-corrected chi connectivity index (χ0v) is 18.2. The van der Waals surface area contributed by atoms with Crippen molar-refractivity contribution in [2.45, 2.75) is 43.7 Å². The molecule has 0 unspecified atom stereocenters. The summed E-state index contributed by atoms with van der Waals surface area (Å²) < 4.78 is 40.9. The van der Waals surface area contributed by atoms with E-state index >= 15 is 0 Å². The third-order valence-corrected chi connectivity index (χ3v) is 6.86. The van der Waals surface area contributed by atoms with Gasteiger partial charge >= 0.3 is 0 Å². The van der Waals surface area contributed by atoms with Crippen molar-refractivity contribution in [3.63, 3.8) is 0 Å². The van der Waals surface area contributed by atoms with Crippen molar-refractivity contribution >= 4 is 21.6 Å². The van der Waals surface area contributed by atoms with Crippen molar-refractivity contribution in [3.8, 4) is 0 Å². The van der Waals surface area contributed by atoms with Crippen LogP contribution in [-0.4, -0.2) is 45.4 Å². The molecule has 1 N–H and O–H groups in total. The highest BCUT2D eigenvalue weighted by Gasteiger charge is 2.26. The number of nitrogens with zero attached hydrogens (tertiary/aromatic N) is 2. The fourth-order valence-electron chi connectivity index (χ4n) is 3.66. The Morgan fingerprint density at radius 1 is 1.10 bits per heavy atom. The van der Waals surface area contributed by atoms with Gasteiger partial charge in [0.15, 0.2) is 0 Å². The average Bonchev–Trinajstić information content (AvgIpc) is 2.74. The molecule has 162 valence electrons. The summed E-state index contributed by atoms with van der Waals surface area (Å²) >= 11 is 0. The Labute approximate surface area is 177 Å². The first-order valence-electron chi connectivity index (χ1n) is 10.1. The maximum absolute atomic E-state index is 13.8. The normalized spacial score (nSPS) is 15.6. The minimum Gasteiger partial charge on any atom is -0.372 e. The van der Waals surface area contributed by atoms with Crippen LogP contribution in [0, 0.1) is 5.82 Å². The number of hydrogen-bond acceptors (Lipinski definition) is 4. The lowest BCUT2D eigenvalue weighted by molar-refractivity contribution is -0.131. The summed E-state index contributed by atoms with van der Waals surface area (Å²) in [5, 5.41) is 0. The number of sulfonamides is 1. The first-order chi connectivity index (χ1) is 14.3. The van der Waals surface area contributed by atoms with Crippen molar-refractivity contribution in [3.05, 3.63) is 59.9 Å². The predicted molar refractivity (Wildman–Crippen MR) is 115 cm³/mol. The lowest BCUT2D eigenvalue weighted by Gasteiger charge is -2.29. The molecule has 2 aromatic rings. The third-order valence-electron chi connectivity index (χ3n) is 5.28. The van der Waals surface area contributed by atoms with Crippen LogP contribution in [0.5, 0.6) is 0 Å². The number of nitrogens with one attached hydrogen (secondary N) is 1. The summed E-state index contributed by atoms with van der Waals surface area (Å²) in [7, 11) is -2.52. The Morgan fingerprint density at radius 3 is 2.37 bits per heavy atom. The number of hydrogen-bond donors (Lipinski definition) is 1. The molecule has 3 rings (SSSR count). The van der Waals surface area contributed by atoms with Crippen molar-refractivity contribution in [2.24, 2.45) is 0 Å². The lowest BCUT2D eigenvalue weighted by atomic mass is 10.1. The highest BCUT2D eigenvalue weighted by molar-refractivity contribution is 7.89. The Balaban J connectivity index is 1.60. The van der Waals surface area contributed by atoms with E-state index in [0.717, 1.165) is 24.7 Å².